The maximum Gasteiger partial charge on any atom is 0.267 e. The van der Waals surface area contributed by atoms with E-state index in [9.17, 15) is 13.2 Å². The lowest BCUT2D eigenvalue weighted by Gasteiger charge is -2.27. The molecule has 2 fully saturated rings. The number of thioether (sulfide) groups is 1. The first-order valence-corrected chi connectivity index (χ1v) is 11.7. The zero-order valence-electron chi connectivity index (χ0n) is 15.0. The number of rotatable bonds is 6. The molecule has 27 heavy (non-hydrogen) atoms. The quantitative estimate of drug-likeness (QED) is 0.739. The first-order valence-electron chi connectivity index (χ1n) is 9.19. The molecule has 2 aliphatic rings. The van der Waals surface area contributed by atoms with Crippen LogP contribution in [0.1, 0.15) is 23.9 Å². The fourth-order valence-corrected chi connectivity index (χ4v) is 6.39. The maximum atomic E-state index is 13.1. The van der Waals surface area contributed by atoms with Crippen LogP contribution < -0.4 is 0 Å². The first kappa shape index (κ1) is 18.6. The molecule has 1 aromatic carbocycles. The number of carbonyl (C=O) groups is 1. The summed E-state index contributed by atoms with van der Waals surface area (Å²) < 4.78 is 27.5. The Morgan fingerprint density at radius 3 is 2.48 bits per heavy atom. The number of aromatic nitrogens is 1. The average Bonchev–Trinajstić information content (AvgIpc) is 3.42. The summed E-state index contributed by atoms with van der Waals surface area (Å²) in [7, 11) is -3.68. The van der Waals surface area contributed by atoms with Gasteiger partial charge in [-0.15, -0.1) is 11.8 Å². The number of benzene rings is 1. The summed E-state index contributed by atoms with van der Waals surface area (Å²) in [5.74, 6) is 0.468. The number of amides is 1. The van der Waals surface area contributed by atoms with Crippen molar-refractivity contribution < 1.29 is 13.2 Å². The summed E-state index contributed by atoms with van der Waals surface area (Å²) in [6.07, 6.45) is 3.99. The zero-order chi connectivity index (χ0) is 18.9. The smallest absolute Gasteiger partial charge is 0.267 e. The summed E-state index contributed by atoms with van der Waals surface area (Å²) in [5, 5.41) is -0.270. The molecule has 6 nitrogen and oxygen atoms in total. The highest BCUT2D eigenvalue weighted by Gasteiger charge is 2.36. The van der Waals surface area contributed by atoms with E-state index >= 15 is 0 Å². The Balaban J connectivity index is 1.59. The summed E-state index contributed by atoms with van der Waals surface area (Å²) in [5.41, 5.74) is 0.635. The Hall–Kier alpha value is -1.77. The number of nitrogens with zero attached hydrogens (tertiary/aromatic N) is 3. The lowest BCUT2D eigenvalue weighted by Crippen LogP contribution is -2.37. The Bertz CT molecular complexity index is 905. The molecule has 0 spiro atoms. The molecule has 2 aliphatic heterocycles. The highest BCUT2D eigenvalue weighted by Crippen LogP contribution is 2.39. The van der Waals surface area contributed by atoms with Crippen molar-refractivity contribution in [2.24, 2.45) is 0 Å². The molecule has 2 aromatic rings. The van der Waals surface area contributed by atoms with E-state index in [1.54, 1.807) is 48.7 Å². The van der Waals surface area contributed by atoms with E-state index < -0.39 is 10.0 Å². The van der Waals surface area contributed by atoms with Crippen molar-refractivity contribution in [1.82, 2.24) is 13.8 Å². The third-order valence-electron chi connectivity index (χ3n) is 5.12. The minimum absolute atomic E-state index is 0.0778. The predicted octanol–water partition coefficient (Wildman–Crippen LogP) is 2.39. The van der Waals surface area contributed by atoms with Crippen molar-refractivity contribution in [3.8, 4) is 0 Å². The van der Waals surface area contributed by atoms with Gasteiger partial charge >= 0.3 is 0 Å². The van der Waals surface area contributed by atoms with Gasteiger partial charge < -0.3 is 9.80 Å². The van der Waals surface area contributed by atoms with Gasteiger partial charge in [-0.2, -0.15) is 0 Å². The highest BCUT2D eigenvalue weighted by atomic mass is 32.2. The number of hydrogen-bond acceptors (Lipinski definition) is 5. The predicted molar refractivity (Wildman–Crippen MR) is 106 cm³/mol. The minimum atomic E-state index is -3.68. The van der Waals surface area contributed by atoms with Gasteiger partial charge in [-0.25, -0.2) is 12.4 Å². The number of carbonyl (C=O) groups excluding carboxylic acids is 1. The Labute approximate surface area is 164 Å². The Kier molecular flexibility index (Phi) is 5.29. The zero-order valence-corrected chi connectivity index (χ0v) is 16.7. The van der Waals surface area contributed by atoms with Gasteiger partial charge in [-0.1, -0.05) is 18.2 Å². The molecule has 1 amide bonds. The standard InChI is InChI=1S/C19H23N3O3S2/c23-18-15-26-19(21(18)14-13-20-10-4-5-11-20)17-9-6-12-22(17)27(24,25)16-7-2-1-3-8-16/h1-3,6-9,12,19H,4-5,10-11,13-15H2. The van der Waals surface area contributed by atoms with Crippen LogP contribution >= 0.6 is 11.8 Å². The number of likely N-dealkylation sites (tertiary alicyclic amines) is 1. The van der Waals surface area contributed by atoms with E-state index in [4.69, 9.17) is 0 Å². The maximum absolute atomic E-state index is 13.1. The van der Waals surface area contributed by atoms with E-state index in [-0.39, 0.29) is 16.2 Å². The van der Waals surface area contributed by atoms with E-state index in [2.05, 4.69) is 4.90 Å². The van der Waals surface area contributed by atoms with Gasteiger partial charge in [0.2, 0.25) is 5.91 Å². The Morgan fingerprint density at radius 2 is 1.74 bits per heavy atom. The van der Waals surface area contributed by atoms with Gasteiger partial charge in [0.05, 0.1) is 16.3 Å². The molecule has 4 rings (SSSR count). The second-order valence-corrected chi connectivity index (χ2v) is 9.73. The van der Waals surface area contributed by atoms with Crippen LogP contribution in [-0.2, 0) is 14.8 Å². The molecule has 1 unspecified atom stereocenters. The first-order chi connectivity index (χ1) is 13.1. The van der Waals surface area contributed by atoms with Gasteiger partial charge in [-0.05, 0) is 50.2 Å². The van der Waals surface area contributed by atoms with Gasteiger partial charge in [0.1, 0.15) is 5.37 Å². The van der Waals surface area contributed by atoms with E-state index in [0.29, 0.717) is 18.0 Å². The molecule has 0 bridgehead atoms. The molecule has 0 aliphatic carbocycles. The van der Waals surface area contributed by atoms with E-state index in [1.165, 1.54) is 28.6 Å². The van der Waals surface area contributed by atoms with Crippen LogP contribution in [0.4, 0.5) is 0 Å². The lowest BCUT2D eigenvalue weighted by molar-refractivity contribution is -0.128. The van der Waals surface area contributed by atoms with Crippen LogP contribution in [0.25, 0.3) is 0 Å². The topological polar surface area (TPSA) is 62.6 Å². The monoisotopic (exact) mass is 405 g/mol. The molecule has 0 saturated carbocycles. The third kappa shape index (κ3) is 3.66. The third-order valence-corrected chi connectivity index (χ3v) is 8.06. The second-order valence-electron chi connectivity index (χ2n) is 6.85. The van der Waals surface area contributed by atoms with Crippen LogP contribution in [0.3, 0.4) is 0 Å². The van der Waals surface area contributed by atoms with Crippen molar-refractivity contribution >= 4 is 27.7 Å². The molecule has 3 heterocycles. The van der Waals surface area contributed by atoms with Crippen molar-refractivity contribution in [3.05, 3.63) is 54.4 Å². The van der Waals surface area contributed by atoms with Gasteiger partial charge in [0.25, 0.3) is 10.0 Å². The molecule has 1 aromatic heterocycles. The molecule has 8 heteroatoms. The molecule has 2 saturated heterocycles. The van der Waals surface area contributed by atoms with Crippen LogP contribution in [0.2, 0.25) is 0 Å². The average molecular weight is 406 g/mol. The molecular formula is C19H23N3O3S2. The van der Waals surface area contributed by atoms with Crippen molar-refractivity contribution in [2.75, 3.05) is 31.9 Å². The summed E-state index contributed by atoms with van der Waals surface area (Å²) in [6.45, 7) is 3.64. The summed E-state index contributed by atoms with van der Waals surface area (Å²) >= 11 is 1.50. The number of hydrogen-bond donors (Lipinski definition) is 0. The van der Waals surface area contributed by atoms with Crippen molar-refractivity contribution in [2.45, 2.75) is 23.1 Å². The van der Waals surface area contributed by atoms with Crippen molar-refractivity contribution in [3.63, 3.8) is 0 Å². The van der Waals surface area contributed by atoms with Gasteiger partial charge in [-0.3, -0.25) is 4.79 Å². The lowest BCUT2D eigenvalue weighted by atomic mass is 10.3. The normalized spacial score (nSPS) is 21.3. The SMILES string of the molecule is O=C1CSC(c2cccn2S(=O)(=O)c2ccccc2)N1CCN1CCCC1. The van der Waals surface area contributed by atoms with E-state index in [0.717, 1.165) is 19.6 Å². The van der Waals surface area contributed by atoms with Gasteiger partial charge in [0, 0.05) is 19.3 Å². The fourth-order valence-electron chi connectivity index (χ4n) is 3.69. The summed E-state index contributed by atoms with van der Waals surface area (Å²) in [4.78, 5) is 16.9. The van der Waals surface area contributed by atoms with Crippen LogP contribution in [0.15, 0.2) is 53.6 Å². The molecule has 0 N–H and O–H groups in total. The van der Waals surface area contributed by atoms with Crippen LogP contribution in [0.5, 0.6) is 0 Å². The highest BCUT2D eigenvalue weighted by molar-refractivity contribution is 8.00. The van der Waals surface area contributed by atoms with Gasteiger partial charge in [0.15, 0.2) is 0 Å². The summed E-state index contributed by atoms with van der Waals surface area (Å²) in [6, 6.07) is 11.9. The van der Waals surface area contributed by atoms with E-state index in [1.807, 2.05) is 4.90 Å². The van der Waals surface area contributed by atoms with Crippen LogP contribution in [0, 0.1) is 0 Å². The Morgan fingerprint density at radius 1 is 1.00 bits per heavy atom. The minimum Gasteiger partial charge on any atom is -0.323 e. The largest absolute Gasteiger partial charge is 0.323 e. The molecule has 144 valence electrons. The fraction of sp³-hybridized carbons (Fsp3) is 0.421. The van der Waals surface area contributed by atoms with Crippen molar-refractivity contribution in [1.29, 1.82) is 0 Å². The van der Waals surface area contributed by atoms with Crippen LogP contribution in [-0.4, -0.2) is 60.0 Å². The second kappa shape index (κ2) is 7.69. The molecular weight excluding hydrogens is 382 g/mol. The molecule has 0 radical (unpaired) electrons. The molecule has 1 atom stereocenters.